The number of hydrogen-bond acceptors (Lipinski definition) is 2. The van der Waals surface area contributed by atoms with Crippen molar-refractivity contribution in [3.63, 3.8) is 0 Å². The summed E-state index contributed by atoms with van der Waals surface area (Å²) in [5, 5.41) is 0. The van der Waals surface area contributed by atoms with Crippen LogP contribution in [0.1, 0.15) is 109 Å². The van der Waals surface area contributed by atoms with Crippen LogP contribution in [0.3, 0.4) is 0 Å². The van der Waals surface area contributed by atoms with E-state index < -0.39 is 0 Å². The smallest absolute Gasteiger partial charge is 0.119 e. The van der Waals surface area contributed by atoms with Gasteiger partial charge in [-0.25, -0.2) is 0 Å². The average Bonchev–Trinajstić information content (AvgIpc) is 2.83. The Morgan fingerprint density at radius 2 is 1.22 bits per heavy atom. The lowest BCUT2D eigenvalue weighted by atomic mass is 9.96. The van der Waals surface area contributed by atoms with Crippen molar-refractivity contribution in [2.45, 2.75) is 104 Å². The van der Waals surface area contributed by atoms with Crippen molar-refractivity contribution in [1.29, 1.82) is 0 Å². The molecule has 0 bridgehead atoms. The molecule has 0 saturated heterocycles. The summed E-state index contributed by atoms with van der Waals surface area (Å²) in [6, 6.07) is 17.1. The van der Waals surface area contributed by atoms with Crippen LogP contribution in [0.15, 0.2) is 48.5 Å². The quantitative estimate of drug-likeness (QED) is 0.216. The molecule has 1 unspecified atom stereocenters. The SMILES string of the molecule is CCCCCCCCCCCCOc1ccc(-c2ccccc2C(C)OCCCC)cc1. The first kappa shape index (κ1) is 26.5. The van der Waals surface area contributed by atoms with Crippen LogP contribution in [0.25, 0.3) is 11.1 Å². The maximum atomic E-state index is 6.05. The van der Waals surface area contributed by atoms with Gasteiger partial charge in [-0.2, -0.15) is 0 Å². The lowest BCUT2D eigenvalue weighted by Crippen LogP contribution is -2.03. The molecule has 0 aromatic heterocycles. The summed E-state index contributed by atoms with van der Waals surface area (Å²) < 4.78 is 12.0. The minimum atomic E-state index is 0.102. The number of unbranched alkanes of at least 4 members (excludes halogenated alkanes) is 10. The van der Waals surface area contributed by atoms with Crippen molar-refractivity contribution in [2.75, 3.05) is 13.2 Å². The molecule has 2 rings (SSSR count). The van der Waals surface area contributed by atoms with Crippen LogP contribution in [0.4, 0.5) is 0 Å². The van der Waals surface area contributed by atoms with E-state index in [9.17, 15) is 0 Å². The third-order valence-corrected chi connectivity index (χ3v) is 6.20. The highest BCUT2D eigenvalue weighted by atomic mass is 16.5. The summed E-state index contributed by atoms with van der Waals surface area (Å²) in [6.45, 7) is 8.26. The van der Waals surface area contributed by atoms with Gasteiger partial charge in [0.15, 0.2) is 0 Å². The summed E-state index contributed by atoms with van der Waals surface area (Å²) in [6.07, 6.45) is 15.9. The predicted molar refractivity (Wildman–Crippen MR) is 138 cm³/mol. The molecule has 0 aliphatic heterocycles. The predicted octanol–water partition coefficient (Wildman–Crippen LogP) is 9.53. The number of ether oxygens (including phenoxy) is 2. The number of benzene rings is 2. The van der Waals surface area contributed by atoms with Gasteiger partial charge in [0.2, 0.25) is 0 Å². The molecule has 1 atom stereocenters. The Kier molecular flexibility index (Phi) is 13.9. The van der Waals surface area contributed by atoms with Crippen molar-refractivity contribution in [1.82, 2.24) is 0 Å². The minimum absolute atomic E-state index is 0.102. The zero-order chi connectivity index (χ0) is 22.9. The third-order valence-electron chi connectivity index (χ3n) is 6.20. The Hall–Kier alpha value is -1.80. The molecule has 0 fully saturated rings. The van der Waals surface area contributed by atoms with E-state index in [1.54, 1.807) is 0 Å². The normalized spacial score (nSPS) is 12.1. The fourth-order valence-electron chi connectivity index (χ4n) is 4.12. The van der Waals surface area contributed by atoms with Crippen molar-refractivity contribution < 1.29 is 9.47 Å². The van der Waals surface area contributed by atoms with Crippen LogP contribution in [0.2, 0.25) is 0 Å². The Bertz CT molecular complexity index is 707. The molecule has 0 radical (unpaired) electrons. The Morgan fingerprint density at radius 3 is 1.88 bits per heavy atom. The first-order chi connectivity index (χ1) is 15.8. The summed E-state index contributed by atoms with van der Waals surface area (Å²) >= 11 is 0. The van der Waals surface area contributed by atoms with Crippen molar-refractivity contribution in [2.24, 2.45) is 0 Å². The second-order valence-electron chi connectivity index (χ2n) is 9.01. The topological polar surface area (TPSA) is 18.5 Å². The van der Waals surface area contributed by atoms with E-state index in [4.69, 9.17) is 9.47 Å². The molecule has 0 saturated carbocycles. The summed E-state index contributed by atoms with van der Waals surface area (Å²) in [4.78, 5) is 0. The molecule has 2 heteroatoms. The van der Waals surface area contributed by atoms with E-state index in [1.165, 1.54) is 74.5 Å². The fraction of sp³-hybridized carbons (Fsp3) is 0.600. The van der Waals surface area contributed by atoms with Crippen LogP contribution in [0.5, 0.6) is 5.75 Å². The van der Waals surface area contributed by atoms with Crippen molar-refractivity contribution in [3.05, 3.63) is 54.1 Å². The molecule has 0 spiro atoms. The molecular formula is C30H46O2. The van der Waals surface area contributed by atoms with Gasteiger partial charge in [-0.1, -0.05) is 114 Å². The highest BCUT2D eigenvalue weighted by Gasteiger charge is 2.12. The molecule has 2 nitrogen and oxygen atoms in total. The van der Waals surface area contributed by atoms with E-state index in [2.05, 4.69) is 69.3 Å². The summed E-state index contributed by atoms with van der Waals surface area (Å²) in [5.74, 6) is 0.967. The Balaban J connectivity index is 1.70. The van der Waals surface area contributed by atoms with E-state index in [0.29, 0.717) is 0 Å². The van der Waals surface area contributed by atoms with Gasteiger partial charge in [-0.05, 0) is 48.6 Å². The van der Waals surface area contributed by atoms with E-state index in [1.807, 2.05) is 0 Å². The van der Waals surface area contributed by atoms with Gasteiger partial charge in [0, 0.05) is 6.61 Å². The van der Waals surface area contributed by atoms with Crippen molar-refractivity contribution >= 4 is 0 Å². The first-order valence-corrected chi connectivity index (χ1v) is 13.2. The Morgan fingerprint density at radius 1 is 0.625 bits per heavy atom. The fourth-order valence-corrected chi connectivity index (χ4v) is 4.12. The molecule has 0 aliphatic carbocycles. The largest absolute Gasteiger partial charge is 0.494 e. The van der Waals surface area contributed by atoms with Crippen LogP contribution >= 0.6 is 0 Å². The Labute approximate surface area is 197 Å². The number of hydrogen-bond donors (Lipinski definition) is 0. The molecule has 0 N–H and O–H groups in total. The molecule has 178 valence electrons. The van der Waals surface area contributed by atoms with Gasteiger partial charge in [0.25, 0.3) is 0 Å². The van der Waals surface area contributed by atoms with Gasteiger partial charge in [-0.15, -0.1) is 0 Å². The monoisotopic (exact) mass is 438 g/mol. The molecule has 0 heterocycles. The second-order valence-corrected chi connectivity index (χ2v) is 9.01. The van der Waals surface area contributed by atoms with Crippen LogP contribution in [-0.4, -0.2) is 13.2 Å². The molecule has 2 aromatic rings. The maximum absolute atomic E-state index is 6.05. The molecule has 2 aromatic carbocycles. The minimum Gasteiger partial charge on any atom is -0.494 e. The molecule has 0 amide bonds. The standard InChI is InChI=1S/C30H46O2/c1-4-6-8-9-10-11-12-13-14-17-25-32-28-22-20-27(21-23-28)30-19-16-15-18-29(30)26(3)31-24-7-5-2/h15-16,18-23,26H,4-14,17,24-25H2,1-3H3. The van der Waals surface area contributed by atoms with Crippen LogP contribution in [-0.2, 0) is 4.74 Å². The lowest BCUT2D eigenvalue weighted by Gasteiger charge is -2.18. The average molecular weight is 439 g/mol. The van der Waals surface area contributed by atoms with Gasteiger partial charge in [0.1, 0.15) is 5.75 Å². The highest BCUT2D eigenvalue weighted by molar-refractivity contribution is 5.68. The zero-order valence-electron chi connectivity index (χ0n) is 20.9. The second kappa shape index (κ2) is 16.8. The maximum Gasteiger partial charge on any atom is 0.119 e. The third kappa shape index (κ3) is 10.2. The van der Waals surface area contributed by atoms with E-state index in [-0.39, 0.29) is 6.10 Å². The van der Waals surface area contributed by atoms with Crippen LogP contribution < -0.4 is 4.74 Å². The van der Waals surface area contributed by atoms with Gasteiger partial charge >= 0.3 is 0 Å². The first-order valence-electron chi connectivity index (χ1n) is 13.2. The van der Waals surface area contributed by atoms with Gasteiger partial charge < -0.3 is 9.47 Å². The molecule has 0 aliphatic rings. The van der Waals surface area contributed by atoms with Crippen LogP contribution in [0, 0.1) is 0 Å². The lowest BCUT2D eigenvalue weighted by molar-refractivity contribution is 0.0640. The molecule has 32 heavy (non-hydrogen) atoms. The van der Waals surface area contributed by atoms with Gasteiger partial charge in [0.05, 0.1) is 12.7 Å². The highest BCUT2D eigenvalue weighted by Crippen LogP contribution is 2.31. The van der Waals surface area contributed by atoms with E-state index >= 15 is 0 Å². The molecular weight excluding hydrogens is 392 g/mol. The van der Waals surface area contributed by atoms with Gasteiger partial charge in [-0.3, -0.25) is 0 Å². The van der Waals surface area contributed by atoms with Crippen molar-refractivity contribution in [3.8, 4) is 16.9 Å². The zero-order valence-corrected chi connectivity index (χ0v) is 20.9. The summed E-state index contributed by atoms with van der Waals surface area (Å²) in [7, 11) is 0. The van der Waals surface area contributed by atoms with E-state index in [0.717, 1.165) is 38.2 Å². The summed E-state index contributed by atoms with van der Waals surface area (Å²) in [5.41, 5.74) is 3.72. The number of rotatable bonds is 18.